The van der Waals surface area contributed by atoms with E-state index in [-0.39, 0.29) is 83.7 Å². The molecule has 0 spiro atoms. The molecular weight excluding hydrogens is 573 g/mol. The van der Waals surface area contributed by atoms with Gasteiger partial charge in [0.1, 0.15) is 11.2 Å². The maximum atomic E-state index is 9.73. The van der Waals surface area contributed by atoms with Crippen LogP contribution in [-0.2, 0) is 0 Å². The van der Waals surface area contributed by atoms with Crippen molar-refractivity contribution in [1.29, 1.82) is 0 Å². The van der Waals surface area contributed by atoms with E-state index >= 15 is 0 Å². The van der Waals surface area contributed by atoms with Gasteiger partial charge in [-0.2, -0.15) is 9.97 Å². The molecule has 45 heavy (non-hydrogen) atoms. The predicted octanol–water partition coefficient (Wildman–Crippen LogP) is 10.6. The number of hydrogen-bond acceptors (Lipinski definition) is 5. The number of aromatic nitrogens is 4. The van der Waals surface area contributed by atoms with Crippen LogP contribution < -0.4 is 0 Å². The maximum absolute atomic E-state index is 9.73. The average Bonchev–Trinajstić information content (AvgIpc) is 3.91. The van der Waals surface area contributed by atoms with E-state index in [4.69, 9.17) is 30.3 Å². The molecule has 4 aromatic heterocycles. The second kappa shape index (κ2) is 9.32. The van der Waals surface area contributed by atoms with E-state index < -0.39 is 36.3 Å². The summed E-state index contributed by atoms with van der Waals surface area (Å²) in [7, 11) is 0. The Morgan fingerprint density at radius 2 is 1.31 bits per heavy atom. The summed E-state index contributed by atoms with van der Waals surface area (Å²) in [5, 5.41) is 1.90. The second-order valence-electron chi connectivity index (χ2n) is 10.5. The first-order chi connectivity index (χ1) is 26.5. The van der Waals surface area contributed by atoms with Crippen LogP contribution in [0.15, 0.2) is 138 Å². The minimum atomic E-state index is -0.532. The van der Waals surface area contributed by atoms with Crippen molar-refractivity contribution in [2.24, 2.45) is 0 Å². The quantitative estimate of drug-likeness (QED) is 0.201. The van der Waals surface area contributed by atoms with E-state index in [0.717, 1.165) is 22.1 Å². The fraction of sp³-hybridized carbons (Fsp3) is 0. The highest BCUT2D eigenvalue weighted by Crippen LogP contribution is 2.40. The third-order valence-corrected chi connectivity index (χ3v) is 8.93. The van der Waals surface area contributed by atoms with E-state index in [1.54, 1.807) is 0 Å². The van der Waals surface area contributed by atoms with Gasteiger partial charge in [0.15, 0.2) is 11.6 Å². The van der Waals surface area contributed by atoms with Gasteiger partial charge in [0.25, 0.3) is 0 Å². The Balaban J connectivity index is 1.39. The molecule has 0 N–H and O–H groups in total. The van der Waals surface area contributed by atoms with Crippen LogP contribution in [0.1, 0.15) is 13.7 Å². The summed E-state index contributed by atoms with van der Waals surface area (Å²) < 4.78 is 96.6. The monoisotopic (exact) mass is 604 g/mol. The number of thiophene rings is 1. The summed E-state index contributed by atoms with van der Waals surface area (Å²) in [6.45, 7) is 0. The Hall–Kier alpha value is -5.85. The number of hydrogen-bond donors (Lipinski definition) is 0. The molecule has 4 heterocycles. The molecule has 210 valence electrons. The van der Waals surface area contributed by atoms with Crippen molar-refractivity contribution in [3.63, 3.8) is 0 Å². The molecule has 0 saturated carbocycles. The molecule has 6 heteroatoms. The summed E-state index contributed by atoms with van der Waals surface area (Å²) in [5.74, 6) is 0.378. The molecule has 0 amide bonds. The molecule has 0 bridgehead atoms. The lowest BCUT2D eigenvalue weighted by Gasteiger charge is -2.11. The molecule has 0 aliphatic carbocycles. The topological polar surface area (TPSA) is 56.7 Å². The van der Waals surface area contributed by atoms with Gasteiger partial charge in [-0.3, -0.25) is 4.57 Å². The Morgan fingerprint density at radius 1 is 0.556 bits per heavy atom. The van der Waals surface area contributed by atoms with Crippen molar-refractivity contribution in [2.75, 3.05) is 0 Å². The molecule has 10 aromatic rings. The Labute approximate surface area is 274 Å². The molecule has 5 nitrogen and oxygen atoms in total. The summed E-state index contributed by atoms with van der Waals surface area (Å²) in [4.78, 5) is 14.6. The molecule has 10 rings (SSSR count). The number of rotatable bonds is 3. The predicted molar refractivity (Wildman–Crippen MR) is 185 cm³/mol. The van der Waals surface area contributed by atoms with Crippen LogP contribution in [0.25, 0.3) is 92.6 Å². The first-order valence-corrected chi connectivity index (χ1v) is 14.9. The summed E-state index contributed by atoms with van der Waals surface area (Å²) in [6.07, 6.45) is 0. The standard InChI is InChI=1S/C39H22N4OS/c1-2-10-23(11-3-1)37-40-38(24-18-19-34-29(20-24)26-13-5-8-16-33(26)44-34)42-39(41-37)43-31-15-7-4-12-25(31)28-22-36-30(21-32(28)43)27-14-6-9-17-35(27)45-36/h1-22H/i4D,6D,7D,9D,12D,14D,15D,17D,21D,22D. The Morgan fingerprint density at radius 3 is 2.22 bits per heavy atom. The van der Waals surface area contributed by atoms with E-state index in [2.05, 4.69) is 0 Å². The minimum absolute atomic E-state index is 0.0148. The van der Waals surface area contributed by atoms with Gasteiger partial charge in [-0.15, -0.1) is 11.3 Å². The molecule has 0 radical (unpaired) electrons. The highest BCUT2D eigenvalue weighted by molar-refractivity contribution is 7.25. The van der Waals surface area contributed by atoms with Crippen LogP contribution in [0.5, 0.6) is 0 Å². The number of furan rings is 1. The van der Waals surface area contributed by atoms with E-state index in [1.165, 1.54) is 4.57 Å². The minimum Gasteiger partial charge on any atom is -0.456 e. The second-order valence-corrected chi connectivity index (χ2v) is 11.5. The molecule has 0 aliphatic heterocycles. The first kappa shape index (κ1) is 16.9. The smallest absolute Gasteiger partial charge is 0.238 e. The van der Waals surface area contributed by atoms with Gasteiger partial charge in [-0.25, -0.2) is 4.98 Å². The van der Waals surface area contributed by atoms with Crippen molar-refractivity contribution in [3.05, 3.63) is 133 Å². The lowest BCUT2D eigenvalue weighted by atomic mass is 10.1. The summed E-state index contributed by atoms with van der Waals surface area (Å²) >= 11 is 0.945. The van der Waals surface area contributed by atoms with Gasteiger partial charge in [-0.1, -0.05) is 84.8 Å². The van der Waals surface area contributed by atoms with Crippen molar-refractivity contribution in [2.45, 2.75) is 0 Å². The zero-order chi connectivity index (χ0) is 38.2. The molecular formula is C39H22N4OS. The first-order valence-electron chi connectivity index (χ1n) is 19.1. The summed E-state index contributed by atoms with van der Waals surface area (Å²) in [5.41, 5.74) is 2.52. The molecule has 6 aromatic carbocycles. The third-order valence-electron chi connectivity index (χ3n) is 7.91. The molecule has 0 atom stereocenters. The van der Waals surface area contributed by atoms with Gasteiger partial charge < -0.3 is 4.42 Å². The van der Waals surface area contributed by atoms with Gasteiger partial charge in [0.2, 0.25) is 5.95 Å². The summed E-state index contributed by atoms with van der Waals surface area (Å²) in [6, 6.07) is 18.4. The zero-order valence-electron chi connectivity index (χ0n) is 33.0. The van der Waals surface area contributed by atoms with Crippen molar-refractivity contribution in [3.8, 4) is 28.7 Å². The van der Waals surface area contributed by atoms with Crippen LogP contribution in [0.2, 0.25) is 0 Å². The lowest BCUT2D eigenvalue weighted by Crippen LogP contribution is -2.06. The molecule has 0 unspecified atom stereocenters. The van der Waals surface area contributed by atoms with Crippen molar-refractivity contribution < 1.29 is 18.1 Å². The largest absolute Gasteiger partial charge is 0.456 e. The normalized spacial score (nSPS) is 15.1. The zero-order valence-corrected chi connectivity index (χ0v) is 23.9. The van der Waals surface area contributed by atoms with Crippen LogP contribution >= 0.6 is 11.3 Å². The molecule has 0 aliphatic rings. The van der Waals surface area contributed by atoms with Crippen molar-refractivity contribution in [1.82, 2.24) is 19.5 Å². The van der Waals surface area contributed by atoms with E-state index in [1.807, 2.05) is 72.8 Å². The average molecular weight is 605 g/mol. The molecule has 0 saturated heterocycles. The Bertz CT molecular complexity index is 3340. The highest BCUT2D eigenvalue weighted by Gasteiger charge is 2.20. The lowest BCUT2D eigenvalue weighted by molar-refractivity contribution is 0.669. The fourth-order valence-corrected chi connectivity index (χ4v) is 6.84. The molecule has 0 fully saturated rings. The van der Waals surface area contributed by atoms with Crippen LogP contribution in [0, 0.1) is 0 Å². The van der Waals surface area contributed by atoms with Gasteiger partial charge in [-0.05, 0) is 48.4 Å². The highest BCUT2D eigenvalue weighted by atomic mass is 32.1. The van der Waals surface area contributed by atoms with Gasteiger partial charge in [0, 0.05) is 52.8 Å². The van der Waals surface area contributed by atoms with E-state index in [9.17, 15) is 2.74 Å². The fourth-order valence-electron chi connectivity index (χ4n) is 5.87. The number of nitrogens with zero attached hydrogens (tertiary/aromatic N) is 4. The number of para-hydroxylation sites is 2. The van der Waals surface area contributed by atoms with Crippen LogP contribution in [0.3, 0.4) is 0 Å². The van der Waals surface area contributed by atoms with E-state index in [0.29, 0.717) is 22.3 Å². The number of benzene rings is 6. The number of fused-ring (bicyclic) bond motifs is 9. The van der Waals surface area contributed by atoms with Gasteiger partial charge in [0.05, 0.1) is 24.7 Å². The third kappa shape index (κ3) is 3.70. The van der Waals surface area contributed by atoms with Gasteiger partial charge >= 0.3 is 0 Å². The van der Waals surface area contributed by atoms with Crippen molar-refractivity contribution >= 4 is 75.3 Å². The maximum Gasteiger partial charge on any atom is 0.238 e. The van der Waals surface area contributed by atoms with Crippen LogP contribution in [-0.4, -0.2) is 19.5 Å². The SMILES string of the molecule is [2H]c1c([2H])c([2H])c2c(sc3c([2H])c4c5c([2H])c([2H])c([2H])c([2H])c5n(-c5nc(-c6ccccc6)nc(-c6ccc7oc8ccccc8c7c6)n5)c4c([2H])c32)c1[2H]. The van der Waals surface area contributed by atoms with Crippen LogP contribution in [0.4, 0.5) is 0 Å². The Kier molecular flexibility index (Phi) is 3.49.